The second-order valence-electron chi connectivity index (χ2n) is 6.50. The van der Waals surface area contributed by atoms with Crippen LogP contribution in [0.4, 0.5) is 5.69 Å². The van der Waals surface area contributed by atoms with Crippen LogP contribution in [0.2, 0.25) is 0 Å². The molecule has 1 fully saturated rings. The minimum absolute atomic E-state index is 0.111. The molecule has 3 heteroatoms. The highest BCUT2D eigenvalue weighted by Crippen LogP contribution is 2.49. The SMILES string of the molecule is O=C(O)c1ccccc1CC12CCCCC1=Nc1ccccc12. The van der Waals surface area contributed by atoms with Gasteiger partial charge in [0.1, 0.15) is 0 Å². The van der Waals surface area contributed by atoms with Gasteiger partial charge in [0, 0.05) is 11.1 Å². The highest BCUT2D eigenvalue weighted by Gasteiger charge is 2.44. The third-order valence-electron chi connectivity index (χ3n) is 5.23. The second-order valence-corrected chi connectivity index (χ2v) is 6.50. The van der Waals surface area contributed by atoms with Crippen molar-refractivity contribution in [1.82, 2.24) is 0 Å². The van der Waals surface area contributed by atoms with Gasteiger partial charge in [0.25, 0.3) is 0 Å². The van der Waals surface area contributed by atoms with E-state index >= 15 is 0 Å². The third kappa shape index (κ3) is 2.19. The first-order chi connectivity index (χ1) is 11.2. The zero-order valence-corrected chi connectivity index (χ0v) is 13.0. The van der Waals surface area contributed by atoms with Crippen molar-refractivity contribution in [2.75, 3.05) is 0 Å². The Labute approximate surface area is 135 Å². The molecule has 0 radical (unpaired) electrons. The topological polar surface area (TPSA) is 49.7 Å². The maximum atomic E-state index is 11.6. The summed E-state index contributed by atoms with van der Waals surface area (Å²) in [5, 5.41) is 9.50. The van der Waals surface area contributed by atoms with Gasteiger partial charge in [-0.15, -0.1) is 0 Å². The lowest BCUT2D eigenvalue weighted by Crippen LogP contribution is -2.38. The fourth-order valence-corrected chi connectivity index (χ4v) is 4.17. The highest BCUT2D eigenvalue weighted by molar-refractivity contribution is 6.03. The minimum Gasteiger partial charge on any atom is -0.478 e. The van der Waals surface area contributed by atoms with Crippen molar-refractivity contribution in [2.45, 2.75) is 37.5 Å². The van der Waals surface area contributed by atoms with Crippen molar-refractivity contribution in [1.29, 1.82) is 0 Å². The van der Waals surface area contributed by atoms with Crippen molar-refractivity contribution in [3.8, 4) is 0 Å². The van der Waals surface area contributed by atoms with E-state index in [9.17, 15) is 9.90 Å². The molecule has 0 aromatic heterocycles. The van der Waals surface area contributed by atoms with Crippen molar-refractivity contribution in [3.05, 3.63) is 65.2 Å². The van der Waals surface area contributed by atoms with Crippen LogP contribution >= 0.6 is 0 Å². The Balaban J connectivity index is 1.83. The molecule has 1 saturated carbocycles. The Morgan fingerprint density at radius 1 is 1.09 bits per heavy atom. The normalized spacial score (nSPS) is 22.2. The van der Waals surface area contributed by atoms with Crippen LogP contribution in [0.5, 0.6) is 0 Å². The molecule has 1 heterocycles. The maximum Gasteiger partial charge on any atom is 0.335 e. The summed E-state index contributed by atoms with van der Waals surface area (Å²) in [5.74, 6) is -0.849. The van der Waals surface area contributed by atoms with Crippen LogP contribution in [-0.2, 0) is 11.8 Å². The number of aromatic carboxylic acids is 1. The first-order valence-electron chi connectivity index (χ1n) is 8.19. The van der Waals surface area contributed by atoms with E-state index in [0.717, 1.165) is 30.5 Å². The van der Waals surface area contributed by atoms with Gasteiger partial charge in [-0.05, 0) is 48.9 Å². The van der Waals surface area contributed by atoms with Gasteiger partial charge in [0.2, 0.25) is 0 Å². The molecule has 2 aliphatic rings. The molecule has 0 saturated heterocycles. The summed E-state index contributed by atoms with van der Waals surface area (Å²) in [5.41, 5.74) is 4.79. The fraction of sp³-hybridized carbons (Fsp3) is 0.300. The lowest BCUT2D eigenvalue weighted by Gasteiger charge is -2.36. The summed E-state index contributed by atoms with van der Waals surface area (Å²) in [7, 11) is 0. The molecule has 1 unspecified atom stereocenters. The van der Waals surface area contributed by atoms with E-state index in [2.05, 4.69) is 18.2 Å². The molecular weight excluding hydrogens is 286 g/mol. The number of benzene rings is 2. The minimum atomic E-state index is -0.849. The average Bonchev–Trinajstić information content (AvgIpc) is 2.89. The van der Waals surface area contributed by atoms with E-state index < -0.39 is 5.97 Å². The van der Waals surface area contributed by atoms with Crippen molar-refractivity contribution in [2.24, 2.45) is 4.99 Å². The number of carboxylic acids is 1. The molecule has 1 N–H and O–H groups in total. The van der Waals surface area contributed by atoms with Crippen LogP contribution in [0.1, 0.15) is 47.2 Å². The van der Waals surface area contributed by atoms with E-state index in [-0.39, 0.29) is 5.41 Å². The van der Waals surface area contributed by atoms with Gasteiger partial charge in [-0.2, -0.15) is 0 Å². The maximum absolute atomic E-state index is 11.6. The Hall–Kier alpha value is -2.42. The number of carboxylic acid groups (broad SMARTS) is 1. The van der Waals surface area contributed by atoms with Gasteiger partial charge < -0.3 is 5.11 Å². The number of nitrogens with zero attached hydrogens (tertiary/aromatic N) is 1. The summed E-state index contributed by atoms with van der Waals surface area (Å²) in [6, 6.07) is 15.7. The van der Waals surface area contributed by atoms with Crippen LogP contribution in [0.15, 0.2) is 53.5 Å². The molecule has 116 valence electrons. The van der Waals surface area contributed by atoms with Crippen LogP contribution in [0, 0.1) is 0 Å². The second kappa shape index (κ2) is 5.34. The Morgan fingerprint density at radius 2 is 1.87 bits per heavy atom. The van der Waals surface area contributed by atoms with Crippen molar-refractivity contribution < 1.29 is 9.90 Å². The molecule has 23 heavy (non-hydrogen) atoms. The number of fused-ring (bicyclic) bond motifs is 3. The van der Waals surface area contributed by atoms with Crippen molar-refractivity contribution >= 4 is 17.4 Å². The van der Waals surface area contributed by atoms with Crippen LogP contribution in [0.3, 0.4) is 0 Å². The monoisotopic (exact) mass is 305 g/mol. The van der Waals surface area contributed by atoms with Crippen molar-refractivity contribution in [3.63, 3.8) is 0 Å². The Morgan fingerprint density at radius 3 is 2.74 bits per heavy atom. The molecule has 4 rings (SSSR count). The number of aliphatic imine (C=N–C) groups is 1. The molecule has 1 atom stereocenters. The summed E-state index contributed by atoms with van der Waals surface area (Å²) in [6.07, 6.45) is 5.14. The lowest BCUT2D eigenvalue weighted by molar-refractivity contribution is 0.0695. The van der Waals surface area contributed by atoms with Gasteiger partial charge in [-0.1, -0.05) is 42.8 Å². The molecule has 0 amide bonds. The first-order valence-corrected chi connectivity index (χ1v) is 8.19. The molecule has 2 aromatic carbocycles. The lowest BCUT2D eigenvalue weighted by atomic mass is 9.65. The molecule has 0 bridgehead atoms. The number of rotatable bonds is 3. The standard InChI is InChI=1S/C20H19NO2/c22-19(23)15-8-2-1-7-14(15)13-20-12-6-5-11-18(20)21-17-10-4-3-9-16(17)20/h1-4,7-10H,5-6,11-13H2,(H,22,23). The number of hydrogen-bond acceptors (Lipinski definition) is 2. The summed E-state index contributed by atoms with van der Waals surface area (Å²) < 4.78 is 0. The number of hydrogen-bond donors (Lipinski definition) is 1. The smallest absolute Gasteiger partial charge is 0.335 e. The van der Waals surface area contributed by atoms with E-state index in [1.54, 1.807) is 12.1 Å². The predicted molar refractivity (Wildman–Crippen MR) is 90.8 cm³/mol. The summed E-state index contributed by atoms with van der Waals surface area (Å²) >= 11 is 0. The van der Waals surface area contributed by atoms with Gasteiger partial charge in [-0.25, -0.2) is 4.79 Å². The van der Waals surface area contributed by atoms with Crippen LogP contribution < -0.4 is 0 Å². The van der Waals surface area contributed by atoms with E-state index in [1.165, 1.54) is 24.1 Å². The van der Waals surface area contributed by atoms with E-state index in [1.807, 2.05) is 18.2 Å². The average molecular weight is 305 g/mol. The van der Waals surface area contributed by atoms with Gasteiger partial charge in [0.05, 0.1) is 11.3 Å². The zero-order chi connectivity index (χ0) is 15.9. The molecular formula is C20H19NO2. The predicted octanol–water partition coefficient (Wildman–Crippen LogP) is 4.53. The molecule has 0 spiro atoms. The Kier molecular flexibility index (Phi) is 3.29. The first kappa shape index (κ1) is 14.2. The van der Waals surface area contributed by atoms with Gasteiger partial charge in [-0.3, -0.25) is 4.99 Å². The summed E-state index contributed by atoms with van der Waals surface area (Å²) in [4.78, 5) is 16.5. The van der Waals surface area contributed by atoms with Crippen LogP contribution in [-0.4, -0.2) is 16.8 Å². The van der Waals surface area contributed by atoms with Crippen LogP contribution in [0.25, 0.3) is 0 Å². The number of carbonyl (C=O) groups is 1. The zero-order valence-electron chi connectivity index (χ0n) is 13.0. The highest BCUT2D eigenvalue weighted by atomic mass is 16.4. The quantitative estimate of drug-likeness (QED) is 0.906. The third-order valence-corrected chi connectivity index (χ3v) is 5.23. The molecule has 1 aliphatic carbocycles. The molecule has 2 aromatic rings. The Bertz CT molecular complexity index is 809. The van der Waals surface area contributed by atoms with E-state index in [4.69, 9.17) is 4.99 Å². The molecule has 1 aliphatic heterocycles. The largest absolute Gasteiger partial charge is 0.478 e. The van der Waals surface area contributed by atoms with Gasteiger partial charge in [0.15, 0.2) is 0 Å². The fourth-order valence-electron chi connectivity index (χ4n) is 4.17. The number of para-hydroxylation sites is 1. The molecule has 3 nitrogen and oxygen atoms in total. The van der Waals surface area contributed by atoms with Gasteiger partial charge >= 0.3 is 5.97 Å². The summed E-state index contributed by atoms with van der Waals surface area (Å²) in [6.45, 7) is 0. The van der Waals surface area contributed by atoms with E-state index in [0.29, 0.717) is 5.56 Å².